The predicted octanol–water partition coefficient (Wildman–Crippen LogP) is -0.495. The SMILES string of the molecule is CCC(=O)N1CCCC1C(=O)NC(CCCCNC(=O)C1CCCN1C(C)=O)C(=O)NCCNC. The van der Waals surface area contributed by atoms with Crippen LogP contribution >= 0.6 is 0 Å². The quantitative estimate of drug-likeness (QED) is 0.255. The summed E-state index contributed by atoms with van der Waals surface area (Å²) in [5, 5.41) is 11.5. The average Bonchev–Trinajstić information content (AvgIpc) is 3.52. The van der Waals surface area contributed by atoms with E-state index in [1.165, 1.54) is 6.92 Å². The van der Waals surface area contributed by atoms with Crippen molar-refractivity contribution in [3.8, 4) is 0 Å². The monoisotopic (exact) mass is 494 g/mol. The molecule has 198 valence electrons. The summed E-state index contributed by atoms with van der Waals surface area (Å²) in [4.78, 5) is 65.2. The first-order valence-electron chi connectivity index (χ1n) is 12.9. The van der Waals surface area contributed by atoms with Crippen molar-refractivity contribution in [2.45, 2.75) is 83.3 Å². The van der Waals surface area contributed by atoms with Gasteiger partial charge >= 0.3 is 0 Å². The summed E-state index contributed by atoms with van der Waals surface area (Å²) in [5.74, 6) is -0.843. The molecule has 0 aromatic rings. The van der Waals surface area contributed by atoms with Gasteiger partial charge in [0.05, 0.1) is 0 Å². The van der Waals surface area contributed by atoms with Crippen molar-refractivity contribution in [2.24, 2.45) is 0 Å². The van der Waals surface area contributed by atoms with Gasteiger partial charge in [-0.15, -0.1) is 0 Å². The maximum atomic E-state index is 12.9. The number of likely N-dealkylation sites (N-methyl/N-ethyl adjacent to an activating group) is 1. The molecule has 2 rings (SSSR count). The van der Waals surface area contributed by atoms with Gasteiger partial charge in [0, 0.05) is 46.1 Å². The number of nitrogens with one attached hydrogen (secondary N) is 4. The van der Waals surface area contributed by atoms with Crippen molar-refractivity contribution in [1.29, 1.82) is 0 Å². The average molecular weight is 495 g/mol. The number of unbranched alkanes of at least 4 members (excludes halogenated alkanes) is 1. The number of nitrogens with zero attached hydrogens (tertiary/aromatic N) is 2. The zero-order valence-corrected chi connectivity index (χ0v) is 21.4. The van der Waals surface area contributed by atoms with E-state index in [9.17, 15) is 24.0 Å². The zero-order chi connectivity index (χ0) is 25.8. The first-order valence-corrected chi connectivity index (χ1v) is 12.9. The molecule has 2 fully saturated rings. The van der Waals surface area contributed by atoms with Crippen LogP contribution in [0.1, 0.15) is 65.2 Å². The standard InChI is InChI=1S/C24H42N6O5/c1-4-21(32)30-16-8-11-20(30)24(35)28-18(22(33)27-14-13-25-3)9-5-6-12-26-23(34)19-10-7-15-29(19)17(2)31/h18-20,25H,4-16H2,1-3H3,(H,26,34)(H,27,33)(H,28,35). The number of likely N-dealkylation sites (tertiary alicyclic amines) is 2. The lowest BCUT2D eigenvalue weighted by Gasteiger charge is -2.26. The molecule has 35 heavy (non-hydrogen) atoms. The lowest BCUT2D eigenvalue weighted by Crippen LogP contribution is -2.53. The van der Waals surface area contributed by atoms with Gasteiger partial charge in [-0.25, -0.2) is 0 Å². The first-order chi connectivity index (χ1) is 16.8. The van der Waals surface area contributed by atoms with E-state index in [0.29, 0.717) is 71.2 Å². The number of hydrogen-bond donors (Lipinski definition) is 4. The first kappa shape index (κ1) is 28.5. The molecule has 0 saturated carbocycles. The van der Waals surface area contributed by atoms with Crippen molar-refractivity contribution < 1.29 is 24.0 Å². The molecule has 2 heterocycles. The number of carbonyl (C=O) groups is 5. The molecule has 0 aromatic carbocycles. The minimum atomic E-state index is -0.711. The van der Waals surface area contributed by atoms with E-state index in [2.05, 4.69) is 21.3 Å². The van der Waals surface area contributed by atoms with Gasteiger partial charge in [0.2, 0.25) is 29.5 Å². The van der Waals surface area contributed by atoms with Gasteiger partial charge in [0.1, 0.15) is 18.1 Å². The van der Waals surface area contributed by atoms with E-state index in [1.807, 2.05) is 0 Å². The van der Waals surface area contributed by atoms with Gasteiger partial charge in [0.25, 0.3) is 0 Å². The van der Waals surface area contributed by atoms with Crippen LogP contribution in [-0.4, -0.2) is 97.2 Å². The van der Waals surface area contributed by atoms with Crippen LogP contribution in [0.15, 0.2) is 0 Å². The van der Waals surface area contributed by atoms with Gasteiger partial charge in [-0.3, -0.25) is 24.0 Å². The van der Waals surface area contributed by atoms with Crippen molar-refractivity contribution in [3.05, 3.63) is 0 Å². The Kier molecular flexibility index (Phi) is 11.9. The second kappa shape index (κ2) is 14.7. The summed E-state index contributed by atoms with van der Waals surface area (Å²) in [6, 6.07) is -1.65. The molecule has 4 N–H and O–H groups in total. The lowest BCUT2D eigenvalue weighted by atomic mass is 10.1. The third kappa shape index (κ3) is 8.48. The highest BCUT2D eigenvalue weighted by Gasteiger charge is 2.35. The maximum Gasteiger partial charge on any atom is 0.243 e. The van der Waals surface area contributed by atoms with Crippen molar-refractivity contribution in [3.63, 3.8) is 0 Å². The molecule has 2 aliphatic rings. The fraction of sp³-hybridized carbons (Fsp3) is 0.792. The Labute approximate surface area is 208 Å². The summed E-state index contributed by atoms with van der Waals surface area (Å²) < 4.78 is 0. The van der Waals surface area contributed by atoms with Crippen LogP contribution in [0.3, 0.4) is 0 Å². The smallest absolute Gasteiger partial charge is 0.243 e. The van der Waals surface area contributed by atoms with E-state index in [0.717, 1.165) is 12.8 Å². The zero-order valence-electron chi connectivity index (χ0n) is 21.4. The van der Waals surface area contributed by atoms with Crippen LogP contribution in [-0.2, 0) is 24.0 Å². The molecule has 0 radical (unpaired) electrons. The molecule has 3 atom stereocenters. The van der Waals surface area contributed by atoms with Crippen LogP contribution in [0.5, 0.6) is 0 Å². The van der Waals surface area contributed by atoms with Gasteiger partial charge in [-0.2, -0.15) is 0 Å². The predicted molar refractivity (Wildman–Crippen MR) is 131 cm³/mol. The van der Waals surface area contributed by atoms with Crippen LogP contribution in [0.25, 0.3) is 0 Å². The molecule has 0 spiro atoms. The van der Waals surface area contributed by atoms with E-state index in [1.54, 1.807) is 23.8 Å². The van der Waals surface area contributed by atoms with E-state index in [-0.39, 0.29) is 29.5 Å². The Balaban J connectivity index is 1.85. The Bertz CT molecular complexity index is 761. The van der Waals surface area contributed by atoms with Gasteiger partial charge < -0.3 is 31.1 Å². The van der Waals surface area contributed by atoms with E-state index >= 15 is 0 Å². The second-order valence-corrected chi connectivity index (χ2v) is 9.21. The molecule has 11 heteroatoms. The minimum Gasteiger partial charge on any atom is -0.354 e. The molecule has 0 bridgehead atoms. The lowest BCUT2D eigenvalue weighted by molar-refractivity contribution is -0.139. The highest BCUT2D eigenvalue weighted by Crippen LogP contribution is 2.19. The molecule has 11 nitrogen and oxygen atoms in total. The summed E-state index contributed by atoms with van der Waals surface area (Å²) in [5.41, 5.74) is 0. The van der Waals surface area contributed by atoms with Crippen LogP contribution in [0, 0.1) is 0 Å². The van der Waals surface area contributed by atoms with E-state index in [4.69, 9.17) is 0 Å². The minimum absolute atomic E-state index is 0.0565. The maximum absolute atomic E-state index is 12.9. The molecule has 5 amide bonds. The third-order valence-corrected chi connectivity index (χ3v) is 6.66. The summed E-state index contributed by atoms with van der Waals surface area (Å²) >= 11 is 0. The largest absolute Gasteiger partial charge is 0.354 e. The molecule has 2 aliphatic heterocycles. The Morgan fingerprint density at radius 2 is 1.51 bits per heavy atom. The topological polar surface area (TPSA) is 140 Å². The number of hydrogen-bond acceptors (Lipinski definition) is 6. The van der Waals surface area contributed by atoms with E-state index < -0.39 is 18.1 Å². The van der Waals surface area contributed by atoms with Gasteiger partial charge in [0.15, 0.2) is 0 Å². The van der Waals surface area contributed by atoms with Gasteiger partial charge in [-0.1, -0.05) is 6.92 Å². The fourth-order valence-electron chi connectivity index (χ4n) is 4.73. The number of amides is 5. The molecular weight excluding hydrogens is 452 g/mol. The molecular formula is C24H42N6O5. The molecule has 0 aromatic heterocycles. The van der Waals surface area contributed by atoms with Gasteiger partial charge in [-0.05, 0) is 52.0 Å². The summed E-state index contributed by atoms with van der Waals surface area (Å²) in [7, 11) is 1.79. The van der Waals surface area contributed by atoms with Crippen molar-refractivity contribution in [2.75, 3.05) is 39.8 Å². The Morgan fingerprint density at radius 3 is 2.14 bits per heavy atom. The van der Waals surface area contributed by atoms with Crippen molar-refractivity contribution in [1.82, 2.24) is 31.1 Å². The second-order valence-electron chi connectivity index (χ2n) is 9.21. The summed E-state index contributed by atoms with van der Waals surface area (Å²) in [6.07, 6.45) is 4.88. The van der Waals surface area contributed by atoms with Crippen LogP contribution < -0.4 is 21.3 Å². The Hall–Kier alpha value is -2.69. The third-order valence-electron chi connectivity index (χ3n) is 6.66. The highest BCUT2D eigenvalue weighted by atomic mass is 16.2. The highest BCUT2D eigenvalue weighted by molar-refractivity contribution is 5.92. The number of rotatable bonds is 13. The summed E-state index contributed by atoms with van der Waals surface area (Å²) in [6.45, 7) is 5.91. The Morgan fingerprint density at radius 1 is 0.857 bits per heavy atom. The molecule has 3 unspecified atom stereocenters. The molecule has 2 saturated heterocycles. The normalized spacial score (nSPS) is 20.4. The van der Waals surface area contributed by atoms with Crippen LogP contribution in [0.4, 0.5) is 0 Å². The van der Waals surface area contributed by atoms with Crippen LogP contribution in [0.2, 0.25) is 0 Å². The van der Waals surface area contributed by atoms with Crippen molar-refractivity contribution >= 4 is 29.5 Å². The number of carbonyl (C=O) groups excluding carboxylic acids is 5. The molecule has 0 aliphatic carbocycles. The fourth-order valence-corrected chi connectivity index (χ4v) is 4.73.